The maximum atomic E-state index is 6.01. The van der Waals surface area contributed by atoms with Crippen LogP contribution in [0.3, 0.4) is 0 Å². The Morgan fingerprint density at radius 3 is 3.00 bits per heavy atom. The van der Waals surface area contributed by atoms with E-state index in [0.717, 1.165) is 12.8 Å². The Morgan fingerprint density at radius 2 is 2.29 bits per heavy atom. The first-order chi connectivity index (χ1) is 8.23. The molecule has 3 N–H and O–H groups in total. The topological polar surface area (TPSA) is 38.0 Å². The normalized spacial score (nSPS) is 27.2. The van der Waals surface area contributed by atoms with E-state index in [0.29, 0.717) is 19.0 Å². The average Bonchev–Trinajstić information content (AvgIpc) is 2.39. The minimum atomic E-state index is -0.129. The summed E-state index contributed by atoms with van der Waals surface area (Å²) in [5.74, 6) is 3.26. The van der Waals surface area contributed by atoms with Crippen molar-refractivity contribution in [3.8, 4) is 12.3 Å². The van der Waals surface area contributed by atoms with Gasteiger partial charge in [-0.2, -0.15) is 0 Å². The van der Waals surface area contributed by atoms with Gasteiger partial charge in [-0.05, 0) is 29.9 Å². The van der Waals surface area contributed by atoms with Crippen molar-refractivity contribution in [1.29, 1.82) is 0 Å². The van der Waals surface area contributed by atoms with E-state index in [9.17, 15) is 0 Å². The van der Waals surface area contributed by atoms with Crippen LogP contribution in [0.2, 0.25) is 0 Å². The number of nitrogens with one attached hydrogen (secondary N) is 1. The van der Waals surface area contributed by atoms with Gasteiger partial charge in [0.15, 0.2) is 0 Å². The minimum Gasteiger partial charge on any atom is -0.328 e. The molecule has 1 aromatic rings. The second kappa shape index (κ2) is 4.91. The largest absolute Gasteiger partial charge is 0.328 e. The van der Waals surface area contributed by atoms with Gasteiger partial charge < -0.3 is 5.73 Å². The number of benzene rings is 1. The molecule has 2 nitrogen and oxygen atoms in total. The van der Waals surface area contributed by atoms with Crippen LogP contribution < -0.4 is 11.1 Å². The summed E-state index contributed by atoms with van der Waals surface area (Å²) in [6.07, 6.45) is 7.57. The third-order valence-electron chi connectivity index (χ3n) is 3.89. The Morgan fingerprint density at radius 1 is 1.53 bits per heavy atom. The molecule has 0 radical (unpaired) electrons. The van der Waals surface area contributed by atoms with Crippen molar-refractivity contribution in [3.05, 3.63) is 35.4 Å². The lowest BCUT2D eigenvalue weighted by Crippen LogP contribution is -2.51. The molecule has 0 spiro atoms. The third-order valence-corrected chi connectivity index (χ3v) is 3.89. The van der Waals surface area contributed by atoms with E-state index in [-0.39, 0.29) is 5.54 Å². The quantitative estimate of drug-likeness (QED) is 0.776. The van der Waals surface area contributed by atoms with E-state index >= 15 is 0 Å². The van der Waals surface area contributed by atoms with Gasteiger partial charge in [0.1, 0.15) is 0 Å². The number of rotatable bonds is 3. The molecule has 2 atom stereocenters. The van der Waals surface area contributed by atoms with E-state index in [1.807, 2.05) is 0 Å². The summed E-state index contributed by atoms with van der Waals surface area (Å²) in [7, 11) is 0. The number of nitrogens with two attached hydrogens (primary N) is 1. The fourth-order valence-electron chi connectivity index (χ4n) is 2.80. The molecule has 0 heterocycles. The molecular formula is C15H20N2. The highest BCUT2D eigenvalue weighted by atomic mass is 15.0. The van der Waals surface area contributed by atoms with Crippen molar-refractivity contribution >= 4 is 0 Å². The molecule has 2 heteroatoms. The van der Waals surface area contributed by atoms with Gasteiger partial charge in [-0.1, -0.05) is 37.1 Å². The van der Waals surface area contributed by atoms with Crippen LogP contribution in [0.4, 0.5) is 0 Å². The van der Waals surface area contributed by atoms with Crippen LogP contribution in [-0.2, 0) is 5.54 Å². The van der Waals surface area contributed by atoms with Crippen LogP contribution in [0, 0.1) is 12.3 Å². The molecule has 0 amide bonds. The summed E-state index contributed by atoms with van der Waals surface area (Å²) < 4.78 is 0. The molecule has 1 aliphatic carbocycles. The van der Waals surface area contributed by atoms with Gasteiger partial charge in [0, 0.05) is 6.54 Å². The molecule has 2 unspecified atom stereocenters. The highest BCUT2D eigenvalue weighted by Crippen LogP contribution is 2.40. The first kappa shape index (κ1) is 12.2. The van der Waals surface area contributed by atoms with E-state index in [1.165, 1.54) is 11.1 Å². The van der Waals surface area contributed by atoms with E-state index in [4.69, 9.17) is 12.2 Å². The van der Waals surface area contributed by atoms with Gasteiger partial charge in [-0.15, -0.1) is 6.42 Å². The summed E-state index contributed by atoms with van der Waals surface area (Å²) >= 11 is 0. The molecule has 0 bridgehead atoms. The third kappa shape index (κ3) is 2.09. The van der Waals surface area contributed by atoms with Crippen molar-refractivity contribution in [2.75, 3.05) is 13.1 Å². The molecule has 1 aromatic carbocycles. The Hall–Kier alpha value is -1.30. The van der Waals surface area contributed by atoms with Crippen LogP contribution in [0.15, 0.2) is 24.3 Å². The van der Waals surface area contributed by atoms with Crippen molar-refractivity contribution in [2.45, 2.75) is 31.2 Å². The van der Waals surface area contributed by atoms with Gasteiger partial charge in [0.25, 0.3) is 0 Å². The Balaban J connectivity index is 2.42. The second-order valence-corrected chi connectivity index (χ2v) is 4.87. The van der Waals surface area contributed by atoms with E-state index in [1.54, 1.807) is 0 Å². The van der Waals surface area contributed by atoms with Gasteiger partial charge in [-0.3, -0.25) is 5.32 Å². The minimum absolute atomic E-state index is 0.129. The first-order valence-corrected chi connectivity index (χ1v) is 6.21. The second-order valence-electron chi connectivity index (χ2n) is 4.87. The molecular weight excluding hydrogens is 208 g/mol. The van der Waals surface area contributed by atoms with Gasteiger partial charge >= 0.3 is 0 Å². The molecule has 17 heavy (non-hydrogen) atoms. The number of hydrogen-bond acceptors (Lipinski definition) is 2. The molecule has 90 valence electrons. The first-order valence-electron chi connectivity index (χ1n) is 6.21. The van der Waals surface area contributed by atoms with Crippen LogP contribution >= 0.6 is 0 Å². The van der Waals surface area contributed by atoms with Crippen LogP contribution in [0.5, 0.6) is 0 Å². The molecule has 0 aliphatic heterocycles. The molecule has 2 rings (SSSR count). The highest BCUT2D eigenvalue weighted by Gasteiger charge is 2.36. The molecule has 0 fully saturated rings. The van der Waals surface area contributed by atoms with Gasteiger partial charge in [0.05, 0.1) is 12.1 Å². The summed E-state index contributed by atoms with van der Waals surface area (Å²) in [5, 5.41) is 3.45. The number of terminal acetylenes is 1. The lowest BCUT2D eigenvalue weighted by molar-refractivity contribution is 0.292. The summed E-state index contributed by atoms with van der Waals surface area (Å²) in [4.78, 5) is 0. The average molecular weight is 228 g/mol. The SMILES string of the molecule is C#CCNC1(CN)CCC(C)c2ccccc21. The van der Waals surface area contributed by atoms with E-state index < -0.39 is 0 Å². The maximum Gasteiger partial charge on any atom is 0.0581 e. The summed E-state index contributed by atoms with van der Waals surface area (Å²) in [6, 6.07) is 8.57. The highest BCUT2D eigenvalue weighted by molar-refractivity contribution is 5.39. The van der Waals surface area contributed by atoms with Gasteiger partial charge in [-0.25, -0.2) is 0 Å². The molecule has 1 aliphatic rings. The van der Waals surface area contributed by atoms with Gasteiger partial charge in [0.2, 0.25) is 0 Å². The zero-order valence-corrected chi connectivity index (χ0v) is 10.4. The number of hydrogen-bond donors (Lipinski definition) is 2. The molecule has 0 aromatic heterocycles. The summed E-state index contributed by atoms with van der Waals surface area (Å²) in [5.41, 5.74) is 8.62. The fourth-order valence-corrected chi connectivity index (χ4v) is 2.80. The van der Waals surface area contributed by atoms with Crippen molar-refractivity contribution in [3.63, 3.8) is 0 Å². The fraction of sp³-hybridized carbons (Fsp3) is 0.467. The molecule has 0 saturated carbocycles. The summed E-state index contributed by atoms with van der Waals surface area (Å²) in [6.45, 7) is 3.44. The van der Waals surface area contributed by atoms with Crippen LogP contribution in [-0.4, -0.2) is 13.1 Å². The Bertz CT molecular complexity index is 433. The lowest BCUT2D eigenvalue weighted by Gasteiger charge is -2.41. The van der Waals surface area contributed by atoms with Crippen LogP contribution in [0.25, 0.3) is 0 Å². The van der Waals surface area contributed by atoms with Crippen molar-refractivity contribution in [2.24, 2.45) is 5.73 Å². The molecule has 0 saturated heterocycles. The monoisotopic (exact) mass is 228 g/mol. The maximum absolute atomic E-state index is 6.01. The lowest BCUT2D eigenvalue weighted by atomic mass is 9.72. The zero-order valence-electron chi connectivity index (χ0n) is 10.4. The van der Waals surface area contributed by atoms with Crippen LogP contribution in [0.1, 0.15) is 36.8 Å². The Kier molecular flexibility index (Phi) is 3.51. The van der Waals surface area contributed by atoms with E-state index in [2.05, 4.69) is 42.4 Å². The van der Waals surface area contributed by atoms with Crippen molar-refractivity contribution in [1.82, 2.24) is 5.32 Å². The predicted molar refractivity (Wildman–Crippen MR) is 71.7 cm³/mol. The Labute approximate surface area is 104 Å². The number of fused-ring (bicyclic) bond motifs is 1. The van der Waals surface area contributed by atoms with Crippen molar-refractivity contribution < 1.29 is 0 Å². The predicted octanol–water partition coefficient (Wildman–Crippen LogP) is 1.96. The smallest absolute Gasteiger partial charge is 0.0581 e. The standard InChI is InChI=1S/C15H20N2/c1-3-10-17-15(11-16)9-8-12(2)13-6-4-5-7-14(13)15/h1,4-7,12,17H,8-11,16H2,2H3. The zero-order chi connectivity index (χ0) is 12.3.